The van der Waals surface area contributed by atoms with Crippen LogP contribution in [0.15, 0.2) is 24.3 Å². The molecular weight excluding hydrogens is 263 g/mol. The van der Waals surface area contributed by atoms with Crippen LogP contribution in [0.2, 0.25) is 0 Å². The molecule has 2 aliphatic carbocycles. The smallest absolute Gasteiger partial charge is 0.330 e. The van der Waals surface area contributed by atoms with Crippen LogP contribution < -0.4 is 5.73 Å². The van der Waals surface area contributed by atoms with Gasteiger partial charge in [0.1, 0.15) is 0 Å². The molecule has 0 spiro atoms. The van der Waals surface area contributed by atoms with Crippen molar-refractivity contribution in [3.05, 3.63) is 35.4 Å². The number of hydrogen-bond donors (Lipinski definition) is 1. The Labute approximate surface area is 117 Å². The zero-order chi connectivity index (χ0) is 14.4. The third-order valence-electron chi connectivity index (χ3n) is 5.32. The first-order valence-corrected chi connectivity index (χ1v) is 7.29. The van der Waals surface area contributed by atoms with E-state index in [1.54, 1.807) is 6.07 Å². The van der Waals surface area contributed by atoms with E-state index in [-0.39, 0.29) is 5.41 Å². The highest BCUT2D eigenvalue weighted by Gasteiger charge is 2.49. The first-order valence-electron chi connectivity index (χ1n) is 7.29. The van der Waals surface area contributed by atoms with Crippen molar-refractivity contribution in [1.82, 2.24) is 0 Å². The second kappa shape index (κ2) is 4.76. The Hall–Kier alpha value is -1.03. The number of alkyl halides is 3. The van der Waals surface area contributed by atoms with Gasteiger partial charge in [-0.1, -0.05) is 24.6 Å². The van der Waals surface area contributed by atoms with E-state index < -0.39 is 11.7 Å². The lowest BCUT2D eigenvalue weighted by Crippen LogP contribution is -2.37. The van der Waals surface area contributed by atoms with Crippen LogP contribution >= 0.6 is 0 Å². The lowest BCUT2D eigenvalue weighted by molar-refractivity contribution is -0.137. The minimum atomic E-state index is -4.26. The van der Waals surface area contributed by atoms with Crippen LogP contribution in [0.25, 0.3) is 0 Å². The van der Waals surface area contributed by atoms with E-state index in [2.05, 4.69) is 0 Å². The Morgan fingerprint density at radius 2 is 2.05 bits per heavy atom. The van der Waals surface area contributed by atoms with Crippen molar-refractivity contribution in [2.24, 2.45) is 23.0 Å². The molecule has 0 radical (unpaired) electrons. The summed E-state index contributed by atoms with van der Waals surface area (Å²) in [5.74, 6) is 1.35. The van der Waals surface area contributed by atoms with Gasteiger partial charge in [0.05, 0.1) is 5.56 Å². The number of nitrogens with two attached hydrogens (primary N) is 1. The molecule has 4 heteroatoms. The summed E-state index contributed by atoms with van der Waals surface area (Å²) in [7, 11) is 0. The Kier molecular flexibility index (Phi) is 3.32. The maximum atomic E-state index is 12.8. The van der Waals surface area contributed by atoms with Crippen LogP contribution in [0.3, 0.4) is 0 Å². The van der Waals surface area contributed by atoms with Crippen molar-refractivity contribution in [3.63, 3.8) is 0 Å². The molecule has 20 heavy (non-hydrogen) atoms. The van der Waals surface area contributed by atoms with E-state index in [9.17, 15) is 13.2 Å². The maximum absolute atomic E-state index is 12.8. The van der Waals surface area contributed by atoms with Crippen LogP contribution in [0.1, 0.15) is 36.8 Å². The summed E-state index contributed by atoms with van der Waals surface area (Å²) in [4.78, 5) is 0. The van der Waals surface area contributed by atoms with Crippen molar-refractivity contribution < 1.29 is 13.2 Å². The van der Waals surface area contributed by atoms with Crippen LogP contribution in [0.5, 0.6) is 0 Å². The molecule has 3 rings (SSSR count). The van der Waals surface area contributed by atoms with Gasteiger partial charge in [-0.25, -0.2) is 0 Å². The number of rotatable bonds is 3. The van der Waals surface area contributed by atoms with Gasteiger partial charge in [0.2, 0.25) is 0 Å². The molecule has 0 amide bonds. The first kappa shape index (κ1) is 13.9. The van der Waals surface area contributed by atoms with Gasteiger partial charge in [0.25, 0.3) is 0 Å². The zero-order valence-corrected chi connectivity index (χ0v) is 11.4. The van der Waals surface area contributed by atoms with Gasteiger partial charge in [-0.05, 0) is 61.1 Å². The second-order valence-electron chi connectivity index (χ2n) is 6.52. The molecule has 0 aromatic heterocycles. The van der Waals surface area contributed by atoms with E-state index in [4.69, 9.17) is 5.73 Å². The second-order valence-corrected chi connectivity index (χ2v) is 6.52. The van der Waals surface area contributed by atoms with Gasteiger partial charge < -0.3 is 5.73 Å². The number of fused-ring (bicyclic) bond motifs is 2. The van der Waals surface area contributed by atoms with Gasteiger partial charge in [-0.2, -0.15) is 13.2 Å². The highest BCUT2D eigenvalue weighted by Crippen LogP contribution is 2.56. The zero-order valence-electron chi connectivity index (χ0n) is 11.4. The van der Waals surface area contributed by atoms with E-state index in [0.717, 1.165) is 24.0 Å². The van der Waals surface area contributed by atoms with Crippen molar-refractivity contribution in [3.8, 4) is 0 Å². The minimum Gasteiger partial charge on any atom is -0.330 e. The molecule has 110 valence electrons. The fourth-order valence-electron chi connectivity index (χ4n) is 4.36. The number of benzene rings is 1. The maximum Gasteiger partial charge on any atom is 0.416 e. The molecule has 2 N–H and O–H groups in total. The fraction of sp³-hybridized carbons (Fsp3) is 0.625. The monoisotopic (exact) mass is 283 g/mol. The molecule has 1 aromatic rings. The van der Waals surface area contributed by atoms with E-state index in [1.807, 2.05) is 0 Å². The van der Waals surface area contributed by atoms with Crippen molar-refractivity contribution >= 4 is 0 Å². The summed E-state index contributed by atoms with van der Waals surface area (Å²) in [5.41, 5.74) is 6.26. The quantitative estimate of drug-likeness (QED) is 0.891. The van der Waals surface area contributed by atoms with E-state index in [1.165, 1.54) is 31.4 Å². The molecule has 3 atom stereocenters. The van der Waals surface area contributed by atoms with Crippen molar-refractivity contribution in [2.75, 3.05) is 6.54 Å². The van der Waals surface area contributed by atoms with Gasteiger partial charge >= 0.3 is 6.18 Å². The van der Waals surface area contributed by atoms with Crippen LogP contribution in [0.4, 0.5) is 13.2 Å². The van der Waals surface area contributed by atoms with Crippen LogP contribution in [-0.2, 0) is 12.6 Å². The largest absolute Gasteiger partial charge is 0.416 e. The summed E-state index contributed by atoms with van der Waals surface area (Å²) in [6.07, 6.45) is 1.20. The lowest BCUT2D eigenvalue weighted by Gasteiger charge is -2.37. The van der Waals surface area contributed by atoms with E-state index in [0.29, 0.717) is 18.9 Å². The molecular formula is C16H20F3N. The predicted molar refractivity (Wildman–Crippen MR) is 72.1 cm³/mol. The molecule has 0 aliphatic heterocycles. The summed E-state index contributed by atoms with van der Waals surface area (Å²) in [6, 6.07) is 5.75. The molecule has 2 bridgehead atoms. The third-order valence-corrected chi connectivity index (χ3v) is 5.32. The Morgan fingerprint density at radius 3 is 2.60 bits per heavy atom. The van der Waals surface area contributed by atoms with Gasteiger partial charge in [0, 0.05) is 0 Å². The average Bonchev–Trinajstić information content (AvgIpc) is 2.99. The number of hydrogen-bond acceptors (Lipinski definition) is 1. The van der Waals surface area contributed by atoms with Gasteiger partial charge in [-0.15, -0.1) is 0 Å². The molecule has 0 heterocycles. The van der Waals surface area contributed by atoms with Crippen LogP contribution in [-0.4, -0.2) is 6.54 Å². The normalized spacial score (nSPS) is 32.8. The standard InChI is InChI=1S/C16H20F3N/c17-16(18,19)14-3-1-2-11(7-14)8-15(10-20)9-12-4-5-13(15)6-12/h1-3,7,12-13H,4-6,8-10,20H2. The van der Waals surface area contributed by atoms with Crippen LogP contribution in [0, 0.1) is 17.3 Å². The molecule has 3 unspecified atom stereocenters. The Bertz CT molecular complexity index is 497. The SMILES string of the molecule is NCC1(Cc2cccc(C(F)(F)F)c2)CC2CCC1C2. The Balaban J connectivity index is 1.84. The lowest BCUT2D eigenvalue weighted by atomic mass is 9.69. The van der Waals surface area contributed by atoms with Gasteiger partial charge in [-0.3, -0.25) is 0 Å². The molecule has 1 aromatic carbocycles. The highest BCUT2D eigenvalue weighted by atomic mass is 19.4. The van der Waals surface area contributed by atoms with Gasteiger partial charge in [0.15, 0.2) is 0 Å². The average molecular weight is 283 g/mol. The molecule has 2 fully saturated rings. The fourth-order valence-corrected chi connectivity index (χ4v) is 4.36. The summed E-state index contributed by atoms with van der Waals surface area (Å²) in [6.45, 7) is 0.588. The molecule has 2 saturated carbocycles. The minimum absolute atomic E-state index is 0.0349. The third kappa shape index (κ3) is 2.34. The topological polar surface area (TPSA) is 26.0 Å². The highest BCUT2D eigenvalue weighted by molar-refractivity contribution is 5.27. The molecule has 0 saturated heterocycles. The summed E-state index contributed by atoms with van der Waals surface area (Å²) < 4.78 is 38.4. The number of halogens is 3. The summed E-state index contributed by atoms with van der Waals surface area (Å²) >= 11 is 0. The predicted octanol–water partition coefficient (Wildman–Crippen LogP) is 4.01. The Morgan fingerprint density at radius 1 is 1.25 bits per heavy atom. The molecule has 1 nitrogen and oxygen atoms in total. The first-order chi connectivity index (χ1) is 9.43. The summed E-state index contributed by atoms with van der Waals surface area (Å²) in [5, 5.41) is 0. The van der Waals surface area contributed by atoms with Crippen molar-refractivity contribution in [2.45, 2.75) is 38.3 Å². The van der Waals surface area contributed by atoms with E-state index >= 15 is 0 Å². The molecule has 2 aliphatic rings. The van der Waals surface area contributed by atoms with Crippen molar-refractivity contribution in [1.29, 1.82) is 0 Å².